The smallest absolute Gasteiger partial charge is 0.0945 e. The van der Waals surface area contributed by atoms with Gasteiger partial charge in [0.25, 0.3) is 0 Å². The van der Waals surface area contributed by atoms with E-state index in [-0.39, 0.29) is 5.75 Å². The van der Waals surface area contributed by atoms with Crippen LogP contribution in [-0.4, -0.2) is 50.9 Å². The molecule has 0 aliphatic carbocycles. The van der Waals surface area contributed by atoms with Crippen molar-refractivity contribution in [1.82, 2.24) is 0 Å². The summed E-state index contributed by atoms with van der Waals surface area (Å²) in [5.74, 6) is -0.193. The number of nitrogens with zero attached hydrogens (tertiary/aromatic N) is 1. The maximum atomic E-state index is 10.2. The van der Waals surface area contributed by atoms with Crippen molar-refractivity contribution in [3.63, 3.8) is 0 Å². The van der Waals surface area contributed by atoms with Crippen molar-refractivity contribution in [3.8, 4) is 0 Å². The van der Waals surface area contributed by atoms with Gasteiger partial charge in [-0.2, -0.15) is 0 Å². The lowest BCUT2D eigenvalue weighted by molar-refractivity contribution is -0.870. The molecule has 0 atom stereocenters. The van der Waals surface area contributed by atoms with Crippen LogP contribution in [0.25, 0.3) is 0 Å². The fourth-order valence-corrected chi connectivity index (χ4v) is 3.34. The summed E-state index contributed by atoms with van der Waals surface area (Å²) in [5.41, 5.74) is 0. The first kappa shape index (κ1) is 28.1. The normalized spacial score (nSPS) is 11.9. The molecule has 0 aromatic heterocycles. The lowest BCUT2D eigenvalue weighted by Gasteiger charge is -2.23. The summed E-state index contributed by atoms with van der Waals surface area (Å²) in [6, 6.07) is 0. The van der Waals surface area contributed by atoms with Gasteiger partial charge in [0, 0.05) is 5.75 Å². The highest BCUT2D eigenvalue weighted by Crippen LogP contribution is 2.09. The second-order valence-electron chi connectivity index (χ2n) is 8.52. The minimum Gasteiger partial charge on any atom is -0.748 e. The van der Waals surface area contributed by atoms with Crippen LogP contribution in [0.5, 0.6) is 0 Å². The molecule has 26 heavy (non-hydrogen) atoms. The highest BCUT2D eigenvalue weighted by Gasteiger charge is 2.04. The largest absolute Gasteiger partial charge is 0.748 e. The van der Waals surface area contributed by atoms with Crippen LogP contribution in [-0.2, 0) is 10.1 Å². The Labute approximate surface area is 165 Å². The van der Waals surface area contributed by atoms with E-state index in [2.05, 4.69) is 35.0 Å². The second-order valence-corrected chi connectivity index (χ2v) is 10.0. The van der Waals surface area contributed by atoms with Gasteiger partial charge < -0.3 is 9.04 Å². The van der Waals surface area contributed by atoms with Gasteiger partial charge >= 0.3 is 0 Å². The quantitative estimate of drug-likeness (QED) is 0.191. The highest BCUT2D eigenvalue weighted by molar-refractivity contribution is 7.85. The van der Waals surface area contributed by atoms with Crippen LogP contribution in [0.15, 0.2) is 0 Å². The SMILES string of the molecule is CCCCCCCCCCS(=O)(=O)[O-].CCCCCCCC[N+](C)(C)C. The van der Waals surface area contributed by atoms with Gasteiger partial charge in [-0.15, -0.1) is 0 Å². The number of unbranched alkanes of at least 4 members (excludes halogenated alkanes) is 12. The maximum Gasteiger partial charge on any atom is 0.0945 e. The van der Waals surface area contributed by atoms with Gasteiger partial charge in [0.2, 0.25) is 0 Å². The van der Waals surface area contributed by atoms with E-state index in [1.165, 1.54) is 77.2 Å². The van der Waals surface area contributed by atoms with Gasteiger partial charge in [0.1, 0.15) is 0 Å². The molecule has 0 fully saturated rings. The maximum absolute atomic E-state index is 10.2. The average Bonchev–Trinajstić information content (AvgIpc) is 2.52. The average molecular weight is 394 g/mol. The van der Waals surface area contributed by atoms with Crippen LogP contribution >= 0.6 is 0 Å². The summed E-state index contributed by atoms with van der Waals surface area (Å²) in [6.07, 6.45) is 17.1. The van der Waals surface area contributed by atoms with Gasteiger partial charge in [-0.1, -0.05) is 84.5 Å². The third-order valence-electron chi connectivity index (χ3n) is 4.43. The Kier molecular flexibility index (Phi) is 19.7. The lowest BCUT2D eigenvalue weighted by Crippen LogP contribution is -2.35. The number of hydrogen-bond acceptors (Lipinski definition) is 3. The molecule has 0 aliphatic rings. The number of rotatable bonds is 16. The van der Waals surface area contributed by atoms with Crippen LogP contribution in [0.1, 0.15) is 104 Å². The molecular formula is C21H47NO3S. The summed E-state index contributed by atoms with van der Waals surface area (Å²) in [7, 11) is 2.83. The molecule has 0 bridgehead atoms. The van der Waals surface area contributed by atoms with Gasteiger partial charge in [0.15, 0.2) is 0 Å². The predicted octanol–water partition coefficient (Wildman–Crippen LogP) is 5.73. The van der Waals surface area contributed by atoms with E-state index in [9.17, 15) is 13.0 Å². The lowest BCUT2D eigenvalue weighted by atomic mass is 10.1. The number of quaternary nitrogens is 1. The molecule has 0 aromatic carbocycles. The molecule has 0 aromatic rings. The van der Waals surface area contributed by atoms with E-state index < -0.39 is 10.1 Å². The molecule has 0 aliphatic heterocycles. The predicted molar refractivity (Wildman–Crippen MR) is 113 cm³/mol. The monoisotopic (exact) mass is 393 g/mol. The Morgan fingerprint density at radius 1 is 0.615 bits per heavy atom. The molecule has 160 valence electrons. The molecule has 0 rings (SSSR count). The Bertz CT molecular complexity index is 375. The Balaban J connectivity index is 0. The van der Waals surface area contributed by atoms with E-state index in [1.807, 2.05) is 0 Å². The van der Waals surface area contributed by atoms with Gasteiger partial charge in [0.05, 0.1) is 37.8 Å². The first-order valence-corrected chi connectivity index (χ1v) is 12.4. The fourth-order valence-electron chi connectivity index (χ4n) is 2.78. The van der Waals surface area contributed by atoms with Crippen LogP contribution in [0.3, 0.4) is 0 Å². The Hall–Kier alpha value is -0.130. The molecule has 5 heteroatoms. The van der Waals surface area contributed by atoms with Crippen molar-refractivity contribution < 1.29 is 17.5 Å². The Morgan fingerprint density at radius 3 is 1.31 bits per heavy atom. The van der Waals surface area contributed by atoms with Crippen LogP contribution < -0.4 is 0 Å². The number of hydrogen-bond donors (Lipinski definition) is 0. The van der Waals surface area contributed by atoms with E-state index >= 15 is 0 Å². The Morgan fingerprint density at radius 2 is 0.962 bits per heavy atom. The van der Waals surface area contributed by atoms with Crippen LogP contribution in [0.2, 0.25) is 0 Å². The third-order valence-corrected chi connectivity index (χ3v) is 5.22. The molecule has 0 amide bonds. The van der Waals surface area contributed by atoms with Crippen LogP contribution in [0.4, 0.5) is 0 Å². The molecule has 0 spiro atoms. The summed E-state index contributed by atoms with van der Waals surface area (Å²) in [4.78, 5) is 0. The van der Waals surface area contributed by atoms with E-state index in [1.54, 1.807) is 0 Å². The summed E-state index contributed by atoms with van der Waals surface area (Å²) >= 11 is 0. The molecule has 0 heterocycles. The zero-order chi connectivity index (χ0) is 20.3. The molecular weight excluding hydrogens is 346 g/mol. The molecule has 0 radical (unpaired) electrons. The molecule has 0 saturated carbocycles. The highest BCUT2D eigenvalue weighted by atomic mass is 32.2. The first-order valence-electron chi connectivity index (χ1n) is 10.9. The zero-order valence-electron chi connectivity index (χ0n) is 18.4. The second kappa shape index (κ2) is 18.2. The van der Waals surface area contributed by atoms with E-state index in [0.717, 1.165) is 17.3 Å². The summed E-state index contributed by atoms with van der Waals surface area (Å²) < 4.78 is 31.9. The van der Waals surface area contributed by atoms with E-state index in [0.29, 0.717) is 6.42 Å². The van der Waals surface area contributed by atoms with E-state index in [4.69, 9.17) is 0 Å². The van der Waals surface area contributed by atoms with Crippen molar-refractivity contribution >= 4 is 10.1 Å². The standard InChI is InChI=1S/C11H26N.C10H22O3S/c1-5-6-7-8-9-10-11-12(2,3)4;1-2-3-4-5-6-7-8-9-10-14(11,12)13/h5-11H2,1-4H3;2-10H2,1H3,(H,11,12,13)/q+1;/p-1. The van der Waals surface area contributed by atoms with Crippen molar-refractivity contribution in [2.45, 2.75) is 104 Å². The summed E-state index contributed by atoms with van der Waals surface area (Å²) in [6.45, 7) is 5.78. The summed E-state index contributed by atoms with van der Waals surface area (Å²) in [5, 5.41) is 0. The zero-order valence-corrected chi connectivity index (χ0v) is 19.2. The van der Waals surface area contributed by atoms with Crippen molar-refractivity contribution in [2.75, 3.05) is 33.4 Å². The van der Waals surface area contributed by atoms with Crippen molar-refractivity contribution in [2.24, 2.45) is 0 Å². The minimum absolute atomic E-state index is 0.193. The fraction of sp³-hybridized carbons (Fsp3) is 1.00. The van der Waals surface area contributed by atoms with Gasteiger partial charge in [-0.3, -0.25) is 0 Å². The minimum atomic E-state index is -3.98. The van der Waals surface area contributed by atoms with Crippen molar-refractivity contribution in [3.05, 3.63) is 0 Å². The van der Waals surface area contributed by atoms with Crippen molar-refractivity contribution in [1.29, 1.82) is 0 Å². The molecule has 4 nitrogen and oxygen atoms in total. The third kappa shape index (κ3) is 31.6. The van der Waals surface area contributed by atoms with Gasteiger partial charge in [-0.05, 0) is 19.3 Å². The van der Waals surface area contributed by atoms with Crippen LogP contribution in [0, 0.1) is 0 Å². The molecule has 0 N–H and O–H groups in total. The molecule has 0 saturated heterocycles. The molecule has 0 unspecified atom stereocenters. The topological polar surface area (TPSA) is 57.2 Å². The van der Waals surface area contributed by atoms with Gasteiger partial charge in [-0.25, -0.2) is 8.42 Å². The first-order chi connectivity index (χ1) is 12.1.